The van der Waals surface area contributed by atoms with E-state index in [0.29, 0.717) is 6.54 Å². The van der Waals surface area contributed by atoms with Gasteiger partial charge in [-0.25, -0.2) is 4.98 Å². The summed E-state index contributed by atoms with van der Waals surface area (Å²) in [6.45, 7) is 0.485. The van der Waals surface area contributed by atoms with Crippen molar-refractivity contribution in [3.63, 3.8) is 0 Å². The molecule has 0 amide bonds. The Bertz CT molecular complexity index is 472. The van der Waals surface area contributed by atoms with E-state index in [-0.39, 0.29) is 0 Å². The number of nitrogens with zero attached hydrogens (tertiary/aromatic N) is 2. The van der Waals surface area contributed by atoms with Crippen LogP contribution >= 0.6 is 11.8 Å². The third-order valence-corrected chi connectivity index (χ3v) is 3.29. The molecule has 0 aliphatic heterocycles. The van der Waals surface area contributed by atoms with Gasteiger partial charge in [-0.1, -0.05) is 23.9 Å². The van der Waals surface area contributed by atoms with Crippen LogP contribution in [0, 0.1) is 0 Å². The van der Waals surface area contributed by atoms with Crippen LogP contribution in [0.5, 0.6) is 5.75 Å². The molecule has 3 N–H and O–H groups in total. The van der Waals surface area contributed by atoms with Crippen LogP contribution in [0.15, 0.2) is 29.7 Å². The zero-order valence-corrected chi connectivity index (χ0v) is 10.3. The van der Waals surface area contributed by atoms with Gasteiger partial charge in [0.05, 0.1) is 7.11 Å². The predicted octanol–water partition coefficient (Wildman–Crippen LogP) is 1.56. The van der Waals surface area contributed by atoms with Gasteiger partial charge in [-0.3, -0.25) is 5.10 Å². The molecule has 1 aromatic heterocycles. The highest BCUT2D eigenvalue weighted by Crippen LogP contribution is 2.24. The van der Waals surface area contributed by atoms with Crippen molar-refractivity contribution in [2.24, 2.45) is 5.73 Å². The van der Waals surface area contributed by atoms with Crippen LogP contribution in [-0.4, -0.2) is 22.3 Å². The zero-order valence-electron chi connectivity index (χ0n) is 9.51. The highest BCUT2D eigenvalue weighted by molar-refractivity contribution is 7.98. The molecule has 0 spiro atoms. The fourth-order valence-corrected chi connectivity index (χ4v) is 2.18. The number of ether oxygens (including phenoxy) is 1. The number of nitrogens with one attached hydrogen (secondary N) is 1. The first-order valence-electron chi connectivity index (χ1n) is 5.17. The third-order valence-electron chi connectivity index (χ3n) is 2.34. The summed E-state index contributed by atoms with van der Waals surface area (Å²) < 4.78 is 5.29. The number of aromatic nitrogens is 3. The van der Waals surface area contributed by atoms with Crippen molar-refractivity contribution in [3.8, 4) is 5.75 Å². The lowest BCUT2D eigenvalue weighted by Gasteiger charge is -2.08. The van der Waals surface area contributed by atoms with E-state index < -0.39 is 0 Å². The molecule has 0 saturated carbocycles. The number of nitrogens with two attached hydrogens (primary N) is 1. The minimum atomic E-state index is 0.485. The summed E-state index contributed by atoms with van der Waals surface area (Å²) in [6, 6.07) is 6.05. The van der Waals surface area contributed by atoms with Crippen molar-refractivity contribution < 1.29 is 4.74 Å². The normalized spacial score (nSPS) is 10.5. The maximum Gasteiger partial charge on any atom is 0.183 e. The average molecular weight is 250 g/mol. The highest BCUT2D eigenvalue weighted by atomic mass is 32.2. The number of H-pyrrole nitrogens is 1. The molecular weight excluding hydrogens is 236 g/mol. The van der Waals surface area contributed by atoms with Crippen molar-refractivity contribution in [3.05, 3.63) is 35.7 Å². The van der Waals surface area contributed by atoms with E-state index >= 15 is 0 Å². The second-order valence-electron chi connectivity index (χ2n) is 3.43. The quantitative estimate of drug-likeness (QED) is 0.788. The first kappa shape index (κ1) is 11.9. The largest absolute Gasteiger partial charge is 0.496 e. The van der Waals surface area contributed by atoms with Gasteiger partial charge < -0.3 is 10.5 Å². The topological polar surface area (TPSA) is 76.8 Å². The summed E-state index contributed by atoms with van der Waals surface area (Å²) in [5.41, 5.74) is 7.80. The van der Waals surface area contributed by atoms with E-state index in [1.807, 2.05) is 18.2 Å². The molecule has 1 heterocycles. The molecule has 0 atom stereocenters. The van der Waals surface area contributed by atoms with Crippen LogP contribution in [0.1, 0.15) is 11.1 Å². The van der Waals surface area contributed by atoms with Crippen LogP contribution in [-0.2, 0) is 12.3 Å². The molecule has 6 heteroatoms. The number of rotatable bonds is 5. The Morgan fingerprint density at radius 3 is 3.00 bits per heavy atom. The molecule has 0 bridgehead atoms. The lowest BCUT2D eigenvalue weighted by molar-refractivity contribution is 0.409. The van der Waals surface area contributed by atoms with Gasteiger partial charge in [-0.05, 0) is 11.6 Å². The van der Waals surface area contributed by atoms with Crippen LogP contribution < -0.4 is 10.5 Å². The van der Waals surface area contributed by atoms with E-state index in [1.165, 1.54) is 11.9 Å². The van der Waals surface area contributed by atoms with Crippen LogP contribution in [0.4, 0.5) is 0 Å². The van der Waals surface area contributed by atoms with Crippen molar-refractivity contribution in [2.75, 3.05) is 7.11 Å². The Kier molecular flexibility index (Phi) is 4.00. The Morgan fingerprint density at radius 2 is 2.35 bits per heavy atom. The fourth-order valence-electron chi connectivity index (χ4n) is 1.46. The molecule has 90 valence electrons. The van der Waals surface area contributed by atoms with E-state index in [2.05, 4.69) is 15.2 Å². The first-order chi connectivity index (χ1) is 8.33. The summed E-state index contributed by atoms with van der Waals surface area (Å²) in [5.74, 6) is 1.65. The summed E-state index contributed by atoms with van der Waals surface area (Å²) in [7, 11) is 1.65. The van der Waals surface area contributed by atoms with Gasteiger partial charge in [0.2, 0.25) is 0 Å². The Hall–Kier alpha value is -1.53. The van der Waals surface area contributed by atoms with Gasteiger partial charge in [-0.2, -0.15) is 5.10 Å². The number of methoxy groups -OCH3 is 1. The van der Waals surface area contributed by atoms with Crippen molar-refractivity contribution in [2.45, 2.75) is 17.5 Å². The summed E-state index contributed by atoms with van der Waals surface area (Å²) in [4.78, 5) is 4.05. The van der Waals surface area contributed by atoms with Crippen molar-refractivity contribution >= 4 is 11.8 Å². The van der Waals surface area contributed by atoms with Gasteiger partial charge in [-0.15, -0.1) is 0 Å². The molecule has 2 rings (SSSR count). The second kappa shape index (κ2) is 5.70. The lowest BCUT2D eigenvalue weighted by atomic mass is 10.1. The molecule has 17 heavy (non-hydrogen) atoms. The van der Waals surface area contributed by atoms with E-state index in [4.69, 9.17) is 10.5 Å². The Morgan fingerprint density at radius 1 is 1.47 bits per heavy atom. The van der Waals surface area contributed by atoms with Crippen LogP contribution in [0.25, 0.3) is 0 Å². The number of thioether (sulfide) groups is 1. The molecule has 0 aliphatic rings. The average Bonchev–Trinajstić information content (AvgIpc) is 2.89. The summed E-state index contributed by atoms with van der Waals surface area (Å²) in [6.07, 6.45) is 1.50. The smallest absolute Gasteiger partial charge is 0.183 e. The maximum absolute atomic E-state index is 5.62. The van der Waals surface area contributed by atoms with Gasteiger partial charge >= 0.3 is 0 Å². The van der Waals surface area contributed by atoms with E-state index in [0.717, 1.165) is 22.2 Å². The monoisotopic (exact) mass is 250 g/mol. The molecule has 0 fully saturated rings. The molecule has 5 nitrogen and oxygen atoms in total. The number of aromatic amines is 1. The summed E-state index contributed by atoms with van der Waals surface area (Å²) >= 11 is 1.60. The van der Waals surface area contributed by atoms with Gasteiger partial charge in [0.25, 0.3) is 0 Å². The molecule has 0 unspecified atom stereocenters. The van der Waals surface area contributed by atoms with Crippen LogP contribution in [0.2, 0.25) is 0 Å². The Labute approximate surface area is 104 Å². The van der Waals surface area contributed by atoms with Gasteiger partial charge in [0.1, 0.15) is 12.1 Å². The SMILES string of the molecule is COc1cc(CSc2ncn[nH]2)ccc1CN. The standard InChI is InChI=1S/C11H14N4OS/c1-16-10-4-8(2-3-9(10)5-12)6-17-11-13-7-14-15-11/h2-4,7H,5-6,12H2,1H3,(H,13,14,15). The minimum Gasteiger partial charge on any atom is -0.496 e. The Balaban J connectivity index is 2.06. The molecular formula is C11H14N4OS. The molecule has 0 radical (unpaired) electrons. The van der Waals surface area contributed by atoms with Gasteiger partial charge in [0.15, 0.2) is 5.16 Å². The predicted molar refractivity (Wildman–Crippen MR) is 66.8 cm³/mol. The van der Waals surface area contributed by atoms with Crippen molar-refractivity contribution in [1.29, 1.82) is 0 Å². The van der Waals surface area contributed by atoms with Crippen molar-refractivity contribution in [1.82, 2.24) is 15.2 Å². The maximum atomic E-state index is 5.62. The molecule has 1 aromatic carbocycles. The fraction of sp³-hybridized carbons (Fsp3) is 0.273. The second-order valence-corrected chi connectivity index (χ2v) is 4.39. The number of hydrogen-bond donors (Lipinski definition) is 2. The minimum absolute atomic E-state index is 0.485. The lowest BCUT2D eigenvalue weighted by Crippen LogP contribution is -2.00. The number of benzene rings is 1. The molecule has 0 saturated heterocycles. The van der Waals surface area contributed by atoms with Crippen LogP contribution in [0.3, 0.4) is 0 Å². The highest BCUT2D eigenvalue weighted by Gasteiger charge is 2.04. The van der Waals surface area contributed by atoms with Gasteiger partial charge in [0, 0.05) is 17.9 Å². The molecule has 2 aromatic rings. The first-order valence-corrected chi connectivity index (χ1v) is 6.16. The summed E-state index contributed by atoms with van der Waals surface area (Å²) in [5, 5.41) is 7.42. The van der Waals surface area contributed by atoms with E-state index in [9.17, 15) is 0 Å². The number of hydrogen-bond acceptors (Lipinski definition) is 5. The molecule has 0 aliphatic carbocycles. The van der Waals surface area contributed by atoms with E-state index in [1.54, 1.807) is 18.9 Å². The third kappa shape index (κ3) is 2.98. The zero-order chi connectivity index (χ0) is 12.1.